The molecule has 2 aromatic carbocycles. The number of aromatic nitrogens is 2. The molecule has 0 spiro atoms. The van der Waals surface area contributed by atoms with Gasteiger partial charge in [0, 0.05) is 18.8 Å². The van der Waals surface area contributed by atoms with Gasteiger partial charge in [-0.2, -0.15) is 0 Å². The zero-order valence-electron chi connectivity index (χ0n) is 19.2. The van der Waals surface area contributed by atoms with Crippen molar-refractivity contribution >= 4 is 29.0 Å². The predicted octanol–water partition coefficient (Wildman–Crippen LogP) is 2.54. The van der Waals surface area contributed by atoms with E-state index in [1.54, 1.807) is 23.1 Å². The van der Waals surface area contributed by atoms with Gasteiger partial charge in [-0.25, -0.2) is 14.4 Å². The zero-order valence-corrected chi connectivity index (χ0v) is 20.0. The van der Waals surface area contributed by atoms with E-state index in [1.807, 2.05) is 12.1 Å². The van der Waals surface area contributed by atoms with Gasteiger partial charge in [-0.3, -0.25) is 10.1 Å². The summed E-state index contributed by atoms with van der Waals surface area (Å²) in [4.78, 5) is 23.3. The van der Waals surface area contributed by atoms with Crippen molar-refractivity contribution in [2.24, 2.45) is 0 Å². The highest BCUT2D eigenvalue weighted by molar-refractivity contribution is 6.33. The Balaban J connectivity index is 1.38. The first-order valence-corrected chi connectivity index (χ1v) is 11.9. The summed E-state index contributed by atoms with van der Waals surface area (Å²) >= 11 is 6.23. The van der Waals surface area contributed by atoms with E-state index in [-0.39, 0.29) is 41.4 Å². The molecule has 1 amide bonds. The lowest BCUT2D eigenvalue weighted by molar-refractivity contribution is -0.140. The van der Waals surface area contributed by atoms with Crippen LogP contribution in [0, 0.1) is 5.82 Å². The van der Waals surface area contributed by atoms with E-state index in [9.17, 15) is 19.4 Å². The Morgan fingerprint density at radius 2 is 2.06 bits per heavy atom. The van der Waals surface area contributed by atoms with Crippen LogP contribution in [0.1, 0.15) is 23.0 Å². The first kappa shape index (κ1) is 24.5. The molecule has 9 nitrogen and oxygen atoms in total. The van der Waals surface area contributed by atoms with Crippen molar-refractivity contribution in [3.8, 4) is 11.4 Å². The monoisotopic (exact) mass is 513 g/mol. The molecule has 4 N–H and O–H groups in total. The van der Waals surface area contributed by atoms with Crippen molar-refractivity contribution in [3.05, 3.63) is 70.1 Å². The molecule has 0 radical (unpaired) electrons. The largest absolute Gasteiger partial charge is 0.394 e. The second-order valence-corrected chi connectivity index (χ2v) is 9.04. The highest BCUT2D eigenvalue weighted by atomic mass is 35.5. The first-order chi connectivity index (χ1) is 17.4. The van der Waals surface area contributed by atoms with Gasteiger partial charge in [0.2, 0.25) is 5.91 Å². The highest BCUT2D eigenvalue weighted by Gasteiger charge is 2.29. The van der Waals surface area contributed by atoms with Crippen LogP contribution in [0.3, 0.4) is 0 Å². The first-order valence-electron chi connectivity index (χ1n) is 11.5. The number of fused-ring (bicyclic) bond motifs is 1. The number of aliphatic hydroxyl groups is 2. The fourth-order valence-electron chi connectivity index (χ4n) is 4.41. The zero-order chi connectivity index (χ0) is 25.2. The lowest BCUT2D eigenvalue weighted by atomic mass is 10.1. The van der Waals surface area contributed by atoms with Crippen LogP contribution in [0.5, 0.6) is 0 Å². The molecule has 11 heteroatoms. The molecule has 2 atom stereocenters. The van der Waals surface area contributed by atoms with E-state index >= 15 is 0 Å². The van der Waals surface area contributed by atoms with Gasteiger partial charge in [-0.1, -0.05) is 29.8 Å². The molecule has 0 bridgehead atoms. The van der Waals surface area contributed by atoms with Gasteiger partial charge in [0.05, 0.1) is 54.1 Å². The lowest BCUT2D eigenvalue weighted by Crippen LogP contribution is -2.51. The number of benzene rings is 2. The van der Waals surface area contributed by atoms with Gasteiger partial charge in [0.15, 0.2) is 5.82 Å². The number of rotatable bonds is 6. The van der Waals surface area contributed by atoms with Gasteiger partial charge in [0.1, 0.15) is 17.9 Å². The lowest BCUT2D eigenvalue weighted by Gasteiger charge is -2.34. The molecule has 2 aliphatic rings. The normalized spacial score (nSPS) is 19.3. The Morgan fingerprint density at radius 3 is 2.81 bits per heavy atom. The second kappa shape index (κ2) is 10.5. The Hall–Kier alpha value is -3.15. The van der Waals surface area contributed by atoms with Crippen molar-refractivity contribution in [2.75, 3.05) is 31.7 Å². The smallest absolute Gasteiger partial charge is 0.227 e. The van der Waals surface area contributed by atoms with E-state index in [1.165, 1.54) is 12.1 Å². The third-order valence-electron chi connectivity index (χ3n) is 6.28. The molecule has 3 aromatic rings. The van der Waals surface area contributed by atoms with E-state index in [0.717, 1.165) is 5.56 Å². The van der Waals surface area contributed by atoms with Crippen molar-refractivity contribution < 1.29 is 24.1 Å². The molecule has 188 valence electrons. The Kier molecular flexibility index (Phi) is 7.13. The molecule has 1 saturated heterocycles. The number of anilines is 2. The van der Waals surface area contributed by atoms with Gasteiger partial charge in [-0.15, -0.1) is 0 Å². The van der Waals surface area contributed by atoms with Crippen LogP contribution in [-0.4, -0.2) is 63.4 Å². The maximum absolute atomic E-state index is 14.6. The number of aliphatic hydroxyl groups excluding tert-OH is 2. The number of carbonyl (C=O) groups is 1. The van der Waals surface area contributed by atoms with Crippen LogP contribution in [0.15, 0.2) is 42.5 Å². The minimum absolute atomic E-state index is 0.0766. The van der Waals surface area contributed by atoms with Gasteiger partial charge >= 0.3 is 0 Å². The molecule has 3 heterocycles. The summed E-state index contributed by atoms with van der Waals surface area (Å²) in [5, 5.41) is 26.2. The summed E-state index contributed by atoms with van der Waals surface area (Å²) in [5.74, 6) is -0.180. The number of morpholine rings is 1. The average Bonchev–Trinajstić information content (AvgIpc) is 3.26. The molecule has 2 aliphatic heterocycles. The Labute approximate surface area is 211 Å². The summed E-state index contributed by atoms with van der Waals surface area (Å²) in [5.41, 5.74) is 2.58. The number of ether oxygens (including phenoxy) is 1. The average molecular weight is 514 g/mol. The van der Waals surface area contributed by atoms with Crippen molar-refractivity contribution in [1.29, 1.82) is 0 Å². The van der Waals surface area contributed by atoms with E-state index in [4.69, 9.17) is 16.3 Å². The summed E-state index contributed by atoms with van der Waals surface area (Å²) in [6.07, 6.45) is -0.782. The molecule has 1 unspecified atom stereocenters. The van der Waals surface area contributed by atoms with Gasteiger partial charge in [0.25, 0.3) is 0 Å². The summed E-state index contributed by atoms with van der Waals surface area (Å²) < 4.78 is 19.9. The van der Waals surface area contributed by atoms with Crippen LogP contribution in [-0.2, 0) is 22.5 Å². The molecule has 0 saturated carbocycles. The van der Waals surface area contributed by atoms with E-state index < -0.39 is 12.0 Å². The molecular weight excluding hydrogens is 489 g/mol. The molecule has 0 aliphatic carbocycles. The highest BCUT2D eigenvalue weighted by Crippen LogP contribution is 2.35. The molecule has 5 rings (SSSR count). The number of amides is 1. The molecule has 1 aromatic heterocycles. The van der Waals surface area contributed by atoms with Crippen LogP contribution >= 0.6 is 11.6 Å². The van der Waals surface area contributed by atoms with E-state index in [0.29, 0.717) is 49.1 Å². The predicted molar refractivity (Wildman–Crippen MR) is 131 cm³/mol. The van der Waals surface area contributed by atoms with Crippen LogP contribution in [0.25, 0.3) is 11.4 Å². The molecular formula is C25H25ClFN5O4. The number of halogens is 2. The van der Waals surface area contributed by atoms with Gasteiger partial charge in [-0.05, 0) is 29.8 Å². The number of hydrogen-bond donors (Lipinski definition) is 4. The number of nitrogens with one attached hydrogen (secondary N) is 2. The fraction of sp³-hybridized carbons (Fsp3) is 0.320. The van der Waals surface area contributed by atoms with Crippen molar-refractivity contribution in [2.45, 2.75) is 25.2 Å². The summed E-state index contributed by atoms with van der Waals surface area (Å²) in [6, 6.07) is 11.3. The van der Waals surface area contributed by atoms with Crippen molar-refractivity contribution in [3.63, 3.8) is 0 Å². The van der Waals surface area contributed by atoms with Crippen LogP contribution < -0.4 is 10.6 Å². The topological polar surface area (TPSA) is 120 Å². The van der Waals surface area contributed by atoms with Crippen LogP contribution in [0.2, 0.25) is 5.02 Å². The molecule has 36 heavy (non-hydrogen) atoms. The molecule has 1 fully saturated rings. The minimum Gasteiger partial charge on any atom is -0.394 e. The number of hydrogen-bond acceptors (Lipinski definition) is 8. The number of carbonyl (C=O) groups excluding carboxylic acids is 1. The Morgan fingerprint density at radius 1 is 1.25 bits per heavy atom. The minimum atomic E-state index is -0.975. The van der Waals surface area contributed by atoms with Gasteiger partial charge < -0.3 is 25.2 Å². The summed E-state index contributed by atoms with van der Waals surface area (Å²) in [7, 11) is 0. The Bertz CT molecular complexity index is 1260. The van der Waals surface area contributed by atoms with Crippen molar-refractivity contribution in [1.82, 2.24) is 20.2 Å². The van der Waals surface area contributed by atoms with E-state index in [2.05, 4.69) is 20.6 Å². The maximum Gasteiger partial charge on any atom is 0.227 e. The third-order valence-corrected chi connectivity index (χ3v) is 6.59. The fourth-order valence-corrected chi connectivity index (χ4v) is 4.65. The second-order valence-electron chi connectivity index (χ2n) is 8.63. The quantitative estimate of drug-likeness (QED) is 0.397. The maximum atomic E-state index is 14.6. The standard InChI is InChI=1S/C25H25ClFN5O4/c26-17-2-1-3-18(27)21(17)23-30-19-11-28-25(35)22(19)24(31-23)29-15-6-4-14(5-7-15)10-20(34)32-8-9-36-13-16(32)12-33/h1-7,16,25,28,33,35H,8-13H2,(H,29,30,31)/t16-,25?/m1/s1. The number of nitrogens with zero attached hydrogens (tertiary/aromatic N) is 3. The van der Waals surface area contributed by atoms with Crippen LogP contribution in [0.4, 0.5) is 15.9 Å². The summed E-state index contributed by atoms with van der Waals surface area (Å²) in [6.45, 7) is 1.39. The third kappa shape index (κ3) is 4.91. The SMILES string of the molecule is O=C(Cc1ccc(Nc2nc(-c3c(F)cccc3Cl)nc3c2C(O)NC3)cc1)N1CCOC[C@H]1CO.